The van der Waals surface area contributed by atoms with Crippen LogP contribution in [0.1, 0.15) is 13.3 Å². The van der Waals surface area contributed by atoms with E-state index in [1.54, 1.807) is 0 Å². The summed E-state index contributed by atoms with van der Waals surface area (Å²) in [5.41, 5.74) is 0. The topological polar surface area (TPSA) is 54.9 Å². The van der Waals surface area contributed by atoms with E-state index in [0.29, 0.717) is 10.2 Å². The first kappa shape index (κ1) is 16.6. The molecule has 0 radical (unpaired) electrons. The molecule has 0 aliphatic carbocycles. The maximum atomic E-state index is 12.3. The molecular weight excluding hydrogens is 346 g/mol. The van der Waals surface area contributed by atoms with Gasteiger partial charge in [0.05, 0.1) is 5.25 Å². The van der Waals surface area contributed by atoms with Crippen LogP contribution in [0.5, 0.6) is 0 Å². The molecule has 0 aliphatic rings. The van der Waals surface area contributed by atoms with Gasteiger partial charge in [-0.2, -0.15) is 0 Å². The summed E-state index contributed by atoms with van der Waals surface area (Å²) in [5.74, 6) is -0.0544. The highest BCUT2D eigenvalue weighted by molar-refractivity contribution is 8.00. The monoisotopic (exact) mass is 359 g/mol. The zero-order valence-corrected chi connectivity index (χ0v) is 14.7. The zero-order valence-electron chi connectivity index (χ0n) is 11.5. The summed E-state index contributed by atoms with van der Waals surface area (Å²) < 4.78 is 0.837. The van der Waals surface area contributed by atoms with Crippen LogP contribution in [-0.2, 0) is 4.79 Å². The lowest BCUT2D eigenvalue weighted by atomic mass is 10.3. The summed E-state index contributed by atoms with van der Waals surface area (Å²) in [6.07, 6.45) is 2.66. The first-order chi connectivity index (χ1) is 10.1. The number of benzene rings is 1. The third kappa shape index (κ3) is 4.88. The molecule has 1 aromatic carbocycles. The normalized spacial score (nSPS) is 12.1. The highest BCUT2D eigenvalue weighted by Gasteiger charge is 2.19. The highest BCUT2D eigenvalue weighted by Crippen LogP contribution is 2.29. The van der Waals surface area contributed by atoms with Gasteiger partial charge in [0.25, 0.3) is 0 Å². The van der Waals surface area contributed by atoms with E-state index in [4.69, 9.17) is 11.6 Å². The predicted molar refractivity (Wildman–Crippen MR) is 91.7 cm³/mol. The lowest BCUT2D eigenvalue weighted by Gasteiger charge is -2.13. The number of hydrogen-bond donors (Lipinski definition) is 1. The molecule has 8 heteroatoms. The molecule has 0 saturated carbocycles. The molecule has 1 N–H and O–H groups in total. The number of rotatable bonds is 6. The molecule has 0 bridgehead atoms. The lowest BCUT2D eigenvalue weighted by Crippen LogP contribution is -2.24. The Kier molecular flexibility index (Phi) is 6.35. The SMILES string of the molecule is CCC(Sc1ccc(Cl)cc1)C(=O)Nc1nnc(SC)s1. The summed E-state index contributed by atoms with van der Waals surface area (Å²) >= 11 is 10.3. The molecule has 2 aromatic rings. The largest absolute Gasteiger partial charge is 0.300 e. The van der Waals surface area contributed by atoms with Crippen LogP contribution in [0, 0.1) is 0 Å². The molecule has 0 aliphatic heterocycles. The van der Waals surface area contributed by atoms with Crippen LogP contribution in [0.3, 0.4) is 0 Å². The number of amides is 1. The van der Waals surface area contributed by atoms with E-state index in [0.717, 1.165) is 15.7 Å². The van der Waals surface area contributed by atoms with Crippen molar-refractivity contribution in [1.29, 1.82) is 0 Å². The molecule has 1 heterocycles. The van der Waals surface area contributed by atoms with E-state index in [-0.39, 0.29) is 11.2 Å². The molecule has 0 saturated heterocycles. The van der Waals surface area contributed by atoms with Crippen molar-refractivity contribution in [1.82, 2.24) is 10.2 Å². The minimum absolute atomic E-state index is 0.0544. The Labute approximate surface area is 141 Å². The molecule has 0 spiro atoms. The molecule has 1 unspecified atom stereocenters. The van der Waals surface area contributed by atoms with Gasteiger partial charge in [0.2, 0.25) is 11.0 Å². The molecule has 1 aromatic heterocycles. The minimum atomic E-state index is -0.173. The van der Waals surface area contributed by atoms with Crippen LogP contribution in [0.2, 0.25) is 5.02 Å². The predicted octanol–water partition coefficient (Wildman–Crippen LogP) is 4.42. The second-order valence-corrected chi connectivity index (χ2v) is 7.78. The Morgan fingerprint density at radius 1 is 1.38 bits per heavy atom. The molecule has 2 rings (SSSR count). The average Bonchev–Trinajstić information content (AvgIpc) is 2.94. The number of hydrogen-bond acceptors (Lipinski definition) is 6. The van der Waals surface area contributed by atoms with E-state index < -0.39 is 0 Å². The Bertz CT molecular complexity index is 603. The van der Waals surface area contributed by atoms with Gasteiger partial charge in [0, 0.05) is 9.92 Å². The third-order valence-electron chi connectivity index (χ3n) is 2.57. The molecule has 0 fully saturated rings. The van der Waals surface area contributed by atoms with E-state index >= 15 is 0 Å². The Balaban J connectivity index is 1.99. The number of carbonyl (C=O) groups excluding carboxylic acids is 1. The fourth-order valence-corrected chi connectivity index (χ4v) is 3.78. The second kappa shape index (κ2) is 8.03. The summed E-state index contributed by atoms with van der Waals surface area (Å²) in [4.78, 5) is 13.3. The number of thioether (sulfide) groups is 2. The Morgan fingerprint density at radius 3 is 2.67 bits per heavy atom. The number of aromatic nitrogens is 2. The highest BCUT2D eigenvalue weighted by atomic mass is 35.5. The van der Waals surface area contributed by atoms with Gasteiger partial charge >= 0.3 is 0 Å². The number of nitrogens with one attached hydrogen (secondary N) is 1. The van der Waals surface area contributed by atoms with Gasteiger partial charge in [-0.1, -0.05) is 41.6 Å². The van der Waals surface area contributed by atoms with Crippen molar-refractivity contribution >= 4 is 57.5 Å². The van der Waals surface area contributed by atoms with E-state index in [1.807, 2.05) is 37.4 Å². The van der Waals surface area contributed by atoms with Crippen molar-refractivity contribution in [3.8, 4) is 0 Å². The zero-order chi connectivity index (χ0) is 15.2. The quantitative estimate of drug-likeness (QED) is 0.611. The molecule has 4 nitrogen and oxygen atoms in total. The van der Waals surface area contributed by atoms with Gasteiger partial charge in [-0.3, -0.25) is 10.1 Å². The number of carbonyl (C=O) groups is 1. The van der Waals surface area contributed by atoms with Crippen molar-refractivity contribution < 1.29 is 4.79 Å². The number of nitrogens with zero attached hydrogens (tertiary/aromatic N) is 2. The first-order valence-electron chi connectivity index (χ1n) is 6.23. The lowest BCUT2D eigenvalue weighted by molar-refractivity contribution is -0.115. The summed E-state index contributed by atoms with van der Waals surface area (Å²) in [6.45, 7) is 1.99. The van der Waals surface area contributed by atoms with Crippen LogP contribution in [0.4, 0.5) is 5.13 Å². The van der Waals surface area contributed by atoms with Gasteiger partial charge in [0.1, 0.15) is 0 Å². The van der Waals surface area contributed by atoms with Gasteiger partial charge in [-0.15, -0.1) is 22.0 Å². The second-order valence-electron chi connectivity index (χ2n) is 4.04. The first-order valence-corrected chi connectivity index (χ1v) is 9.53. The summed E-state index contributed by atoms with van der Waals surface area (Å²) in [7, 11) is 0. The molecule has 1 amide bonds. The van der Waals surface area contributed by atoms with Gasteiger partial charge in [-0.05, 0) is 36.9 Å². The fourth-order valence-electron chi connectivity index (χ4n) is 1.53. The number of anilines is 1. The third-order valence-corrected chi connectivity index (χ3v) is 6.01. The Hall–Kier alpha value is -0.760. The average molecular weight is 360 g/mol. The van der Waals surface area contributed by atoms with Crippen LogP contribution >= 0.6 is 46.5 Å². The molecular formula is C13H14ClN3OS3. The van der Waals surface area contributed by atoms with Crippen LogP contribution in [-0.4, -0.2) is 27.6 Å². The molecule has 112 valence electrons. The van der Waals surface area contributed by atoms with Gasteiger partial charge < -0.3 is 0 Å². The van der Waals surface area contributed by atoms with Crippen molar-refractivity contribution in [3.63, 3.8) is 0 Å². The van der Waals surface area contributed by atoms with Gasteiger partial charge in [0.15, 0.2) is 4.34 Å². The van der Waals surface area contributed by atoms with E-state index in [9.17, 15) is 4.79 Å². The fraction of sp³-hybridized carbons (Fsp3) is 0.308. The minimum Gasteiger partial charge on any atom is -0.300 e. The summed E-state index contributed by atoms with van der Waals surface area (Å²) in [6, 6.07) is 7.48. The van der Waals surface area contributed by atoms with Crippen LogP contribution in [0.25, 0.3) is 0 Å². The number of halogens is 1. The van der Waals surface area contributed by atoms with Crippen molar-refractivity contribution in [2.75, 3.05) is 11.6 Å². The van der Waals surface area contributed by atoms with E-state index in [1.165, 1.54) is 34.9 Å². The van der Waals surface area contributed by atoms with Gasteiger partial charge in [-0.25, -0.2) is 0 Å². The van der Waals surface area contributed by atoms with E-state index in [2.05, 4.69) is 15.5 Å². The summed E-state index contributed by atoms with van der Waals surface area (Å²) in [5, 5.41) is 11.8. The smallest absolute Gasteiger partial charge is 0.239 e. The van der Waals surface area contributed by atoms with Crippen LogP contribution < -0.4 is 5.32 Å². The maximum Gasteiger partial charge on any atom is 0.239 e. The maximum absolute atomic E-state index is 12.3. The van der Waals surface area contributed by atoms with Crippen molar-refractivity contribution in [3.05, 3.63) is 29.3 Å². The Morgan fingerprint density at radius 2 is 2.10 bits per heavy atom. The van der Waals surface area contributed by atoms with Crippen molar-refractivity contribution in [2.24, 2.45) is 0 Å². The van der Waals surface area contributed by atoms with Crippen molar-refractivity contribution in [2.45, 2.75) is 27.8 Å². The molecule has 1 atom stereocenters. The molecule has 21 heavy (non-hydrogen) atoms. The standard InChI is InChI=1S/C13H14ClN3OS3/c1-3-10(20-9-6-4-8(14)5-7-9)11(18)15-12-16-17-13(19-2)21-12/h4-7,10H,3H2,1-2H3,(H,15,16,18). The van der Waals surface area contributed by atoms with Crippen LogP contribution in [0.15, 0.2) is 33.5 Å².